The summed E-state index contributed by atoms with van der Waals surface area (Å²) in [7, 11) is 0. The Labute approximate surface area is 188 Å². The first-order valence-corrected chi connectivity index (χ1v) is 10.3. The quantitative estimate of drug-likeness (QED) is 0.347. The van der Waals surface area contributed by atoms with Gasteiger partial charge in [-0.15, -0.1) is 0 Å². The second kappa shape index (κ2) is 8.66. The number of nitrogens with zero attached hydrogens (tertiary/aromatic N) is 4. The van der Waals surface area contributed by atoms with E-state index in [1.165, 1.54) is 12.1 Å². The Morgan fingerprint density at radius 1 is 1.09 bits per heavy atom. The summed E-state index contributed by atoms with van der Waals surface area (Å²) in [5.41, 5.74) is 3.72. The fourth-order valence-corrected chi connectivity index (χ4v) is 3.60. The summed E-state index contributed by atoms with van der Waals surface area (Å²) in [6.45, 7) is 2.06. The zero-order valence-electron chi connectivity index (χ0n) is 17.7. The Morgan fingerprint density at radius 3 is 2.70 bits per heavy atom. The topological polar surface area (TPSA) is 83.0 Å². The Hall–Kier alpha value is -4.33. The number of hydrogen-bond acceptors (Lipinski definition) is 6. The molecule has 5 rings (SSSR count). The first kappa shape index (κ1) is 20.6. The minimum absolute atomic E-state index is 0.0401. The van der Waals surface area contributed by atoms with E-state index in [-0.39, 0.29) is 12.4 Å². The van der Waals surface area contributed by atoms with Gasteiger partial charge in [-0.25, -0.2) is 18.9 Å². The molecule has 0 saturated heterocycles. The van der Waals surface area contributed by atoms with Crippen molar-refractivity contribution < 1.29 is 18.4 Å². The number of hydrogen-bond donors (Lipinski definition) is 0. The molecule has 0 aliphatic rings. The number of pyridine rings is 1. The number of ether oxygens (including phenoxy) is 1. The molecule has 0 N–H and O–H groups in total. The van der Waals surface area contributed by atoms with E-state index in [2.05, 4.69) is 10.3 Å². The van der Waals surface area contributed by atoms with Gasteiger partial charge in [-0.1, -0.05) is 47.6 Å². The van der Waals surface area contributed by atoms with Gasteiger partial charge in [0, 0.05) is 11.6 Å². The highest BCUT2D eigenvalue weighted by Crippen LogP contribution is 2.26. The van der Waals surface area contributed by atoms with E-state index in [0.29, 0.717) is 40.3 Å². The van der Waals surface area contributed by atoms with Crippen LogP contribution in [0.3, 0.4) is 0 Å². The van der Waals surface area contributed by atoms with Crippen LogP contribution in [0.5, 0.6) is 0 Å². The van der Waals surface area contributed by atoms with Gasteiger partial charge in [0.2, 0.25) is 0 Å². The monoisotopic (exact) mass is 442 g/mol. The number of carbonyl (C=O) groups is 1. The number of halogens is 1. The largest absolute Gasteiger partial charge is 0.454 e. The predicted molar refractivity (Wildman–Crippen MR) is 119 cm³/mol. The van der Waals surface area contributed by atoms with Crippen LogP contribution < -0.4 is 0 Å². The molecule has 3 heterocycles. The van der Waals surface area contributed by atoms with E-state index >= 15 is 0 Å². The highest BCUT2D eigenvalue weighted by atomic mass is 19.1. The van der Waals surface area contributed by atoms with E-state index in [9.17, 15) is 9.18 Å². The molecule has 7 nitrogen and oxygen atoms in total. The Bertz CT molecular complexity index is 1440. The maximum Gasteiger partial charge on any atom is 0.339 e. The van der Waals surface area contributed by atoms with Crippen LogP contribution in [-0.4, -0.2) is 25.9 Å². The molecule has 0 fully saturated rings. The van der Waals surface area contributed by atoms with Crippen LogP contribution >= 0.6 is 0 Å². The molecule has 0 aliphatic carbocycles. The first-order chi connectivity index (χ1) is 16.1. The average molecular weight is 442 g/mol. The molecule has 0 amide bonds. The summed E-state index contributed by atoms with van der Waals surface area (Å²) >= 11 is 0. The lowest BCUT2D eigenvalue weighted by atomic mass is 10.1. The molecule has 33 heavy (non-hydrogen) atoms. The molecule has 0 bridgehead atoms. The SMILES string of the molecule is Cc1cc(COC(=O)c2cc(-c3ccccc3)nc3c2cnn3Cc2cccc(F)c2)on1. The zero-order chi connectivity index (χ0) is 22.8. The molecule has 0 saturated carbocycles. The van der Waals surface area contributed by atoms with Gasteiger partial charge in [0.25, 0.3) is 0 Å². The van der Waals surface area contributed by atoms with Crippen molar-refractivity contribution in [2.24, 2.45) is 0 Å². The van der Waals surface area contributed by atoms with Gasteiger partial charge in [-0.3, -0.25) is 0 Å². The molecule has 164 valence electrons. The van der Waals surface area contributed by atoms with Gasteiger partial charge in [0.15, 0.2) is 18.0 Å². The van der Waals surface area contributed by atoms with Gasteiger partial charge in [-0.05, 0) is 30.7 Å². The summed E-state index contributed by atoms with van der Waals surface area (Å²) in [4.78, 5) is 17.8. The Balaban J connectivity index is 1.55. The molecule has 2 aromatic carbocycles. The van der Waals surface area contributed by atoms with Crippen LogP contribution in [0.15, 0.2) is 77.4 Å². The summed E-state index contributed by atoms with van der Waals surface area (Å²) in [5, 5.41) is 8.77. The standard InChI is InChI=1S/C25H19FN4O3/c1-16-10-20(33-29-16)15-32-25(31)21-12-23(18-7-3-2-4-8-18)28-24-22(21)13-27-30(24)14-17-6-5-9-19(26)11-17/h2-13H,14-15H2,1H3. The van der Waals surface area contributed by atoms with E-state index < -0.39 is 5.97 Å². The lowest BCUT2D eigenvalue weighted by Crippen LogP contribution is -2.08. The highest BCUT2D eigenvalue weighted by Gasteiger charge is 2.19. The van der Waals surface area contributed by atoms with Gasteiger partial charge < -0.3 is 9.26 Å². The average Bonchev–Trinajstić information content (AvgIpc) is 3.43. The molecule has 0 spiro atoms. The number of benzene rings is 2. The van der Waals surface area contributed by atoms with Crippen molar-refractivity contribution in [3.05, 3.63) is 101 Å². The van der Waals surface area contributed by atoms with Crippen molar-refractivity contribution >= 4 is 17.0 Å². The van der Waals surface area contributed by atoms with E-state index in [0.717, 1.165) is 11.1 Å². The van der Waals surface area contributed by atoms with Crippen molar-refractivity contribution in [1.82, 2.24) is 19.9 Å². The number of carbonyl (C=O) groups excluding carboxylic acids is 1. The maximum atomic E-state index is 13.7. The molecular formula is C25H19FN4O3. The summed E-state index contributed by atoms with van der Waals surface area (Å²) < 4.78 is 25.9. The van der Waals surface area contributed by atoms with Gasteiger partial charge in [-0.2, -0.15) is 5.10 Å². The van der Waals surface area contributed by atoms with E-state index in [1.807, 2.05) is 36.4 Å². The number of fused-ring (bicyclic) bond motifs is 1. The van der Waals surface area contributed by atoms with Gasteiger partial charge in [0.05, 0.1) is 35.1 Å². The second-order valence-electron chi connectivity index (χ2n) is 7.60. The fraction of sp³-hybridized carbons (Fsp3) is 0.120. The number of aromatic nitrogens is 4. The third kappa shape index (κ3) is 4.36. The highest BCUT2D eigenvalue weighted by molar-refractivity contribution is 6.03. The Kier molecular flexibility index (Phi) is 5.40. The molecule has 3 aromatic heterocycles. The molecule has 0 aliphatic heterocycles. The second-order valence-corrected chi connectivity index (χ2v) is 7.60. The Morgan fingerprint density at radius 2 is 1.94 bits per heavy atom. The molecule has 0 atom stereocenters. The summed E-state index contributed by atoms with van der Waals surface area (Å²) in [6, 6.07) is 19.2. The normalized spacial score (nSPS) is 11.1. The molecule has 0 unspecified atom stereocenters. The minimum atomic E-state index is -0.529. The zero-order valence-corrected chi connectivity index (χ0v) is 17.7. The lowest BCUT2D eigenvalue weighted by molar-refractivity contribution is 0.0439. The van der Waals surface area contributed by atoms with Crippen molar-refractivity contribution in [1.29, 1.82) is 0 Å². The van der Waals surface area contributed by atoms with Crippen molar-refractivity contribution in [2.75, 3.05) is 0 Å². The smallest absolute Gasteiger partial charge is 0.339 e. The number of esters is 1. The van der Waals surface area contributed by atoms with E-state index in [1.54, 1.807) is 36.0 Å². The summed E-state index contributed by atoms with van der Waals surface area (Å²) in [6.07, 6.45) is 1.57. The first-order valence-electron chi connectivity index (χ1n) is 10.3. The van der Waals surface area contributed by atoms with Crippen molar-refractivity contribution in [2.45, 2.75) is 20.1 Å². The van der Waals surface area contributed by atoms with Crippen LogP contribution in [0.2, 0.25) is 0 Å². The van der Waals surface area contributed by atoms with E-state index in [4.69, 9.17) is 14.2 Å². The number of aryl methyl sites for hydroxylation is 1. The van der Waals surface area contributed by atoms with Crippen LogP contribution in [-0.2, 0) is 17.9 Å². The third-order valence-corrected chi connectivity index (χ3v) is 5.14. The maximum absolute atomic E-state index is 13.7. The van der Waals surface area contributed by atoms with Gasteiger partial charge in [0.1, 0.15) is 5.82 Å². The van der Waals surface area contributed by atoms with Crippen molar-refractivity contribution in [3.63, 3.8) is 0 Å². The molecule has 0 radical (unpaired) electrons. The molecule has 5 aromatic rings. The third-order valence-electron chi connectivity index (χ3n) is 5.14. The minimum Gasteiger partial charge on any atom is -0.454 e. The van der Waals surface area contributed by atoms with Crippen LogP contribution in [0, 0.1) is 12.7 Å². The van der Waals surface area contributed by atoms with Crippen LogP contribution in [0.4, 0.5) is 4.39 Å². The van der Waals surface area contributed by atoms with Crippen LogP contribution in [0.25, 0.3) is 22.3 Å². The summed E-state index contributed by atoms with van der Waals surface area (Å²) in [5.74, 6) is -0.399. The molecule has 8 heteroatoms. The lowest BCUT2D eigenvalue weighted by Gasteiger charge is -2.09. The van der Waals surface area contributed by atoms with Crippen molar-refractivity contribution in [3.8, 4) is 11.3 Å². The fourth-order valence-electron chi connectivity index (χ4n) is 3.60. The predicted octanol–water partition coefficient (Wildman–Crippen LogP) is 4.94. The van der Waals surface area contributed by atoms with Crippen LogP contribution in [0.1, 0.15) is 27.4 Å². The number of rotatable bonds is 6. The molecular weight excluding hydrogens is 423 g/mol. The van der Waals surface area contributed by atoms with Gasteiger partial charge >= 0.3 is 5.97 Å².